The highest BCUT2D eigenvalue weighted by Crippen LogP contribution is 2.30. The van der Waals surface area contributed by atoms with E-state index in [9.17, 15) is 4.79 Å². The van der Waals surface area contributed by atoms with Crippen molar-refractivity contribution in [1.82, 2.24) is 19.7 Å². The molecule has 0 unspecified atom stereocenters. The average Bonchev–Trinajstić information content (AvgIpc) is 3.07. The van der Waals surface area contributed by atoms with Crippen LogP contribution in [0.25, 0.3) is 0 Å². The molecule has 1 aromatic heterocycles. The van der Waals surface area contributed by atoms with Crippen LogP contribution in [-0.2, 0) is 11.8 Å². The van der Waals surface area contributed by atoms with Crippen LogP contribution in [-0.4, -0.2) is 44.7 Å². The Morgan fingerprint density at radius 3 is 2.52 bits per heavy atom. The molecule has 2 atom stereocenters. The fraction of sp³-hybridized carbons (Fsp3) is 0.786. The van der Waals surface area contributed by atoms with E-state index in [0.29, 0.717) is 11.8 Å². The lowest BCUT2D eigenvalue weighted by molar-refractivity contribution is -0.136. The number of aromatic nitrogens is 3. The summed E-state index contributed by atoms with van der Waals surface area (Å²) in [5.74, 6) is 1.95. The maximum Gasteiger partial charge on any atom is 0.225 e. The molecule has 6 nitrogen and oxygen atoms in total. The first-order valence-corrected chi connectivity index (χ1v) is 7.53. The van der Waals surface area contributed by atoms with Crippen molar-refractivity contribution in [2.75, 3.05) is 13.1 Å². The van der Waals surface area contributed by atoms with Gasteiger partial charge in [-0.15, -0.1) is 22.6 Å². The van der Waals surface area contributed by atoms with Crippen molar-refractivity contribution in [2.45, 2.75) is 44.1 Å². The Morgan fingerprint density at radius 1 is 1.29 bits per heavy atom. The Hall–Kier alpha value is -1.14. The summed E-state index contributed by atoms with van der Waals surface area (Å²) in [6.45, 7) is 1.67. The molecule has 21 heavy (non-hydrogen) atoms. The maximum atomic E-state index is 12.4. The Labute approximate surface area is 131 Å². The van der Waals surface area contributed by atoms with Gasteiger partial charge in [-0.3, -0.25) is 4.79 Å². The van der Waals surface area contributed by atoms with Crippen LogP contribution in [0.2, 0.25) is 0 Å². The summed E-state index contributed by atoms with van der Waals surface area (Å²) >= 11 is 0. The lowest BCUT2D eigenvalue weighted by Gasteiger charge is -2.33. The minimum absolute atomic E-state index is 0. The molecule has 2 N–H and O–H groups in total. The lowest BCUT2D eigenvalue weighted by Crippen LogP contribution is -2.41. The minimum Gasteiger partial charge on any atom is -0.342 e. The number of nitrogens with two attached hydrogens (primary N) is 1. The number of likely N-dealkylation sites (tertiary alicyclic amines) is 1. The number of piperidine rings is 1. The predicted molar refractivity (Wildman–Crippen MR) is 82.1 cm³/mol. The second kappa shape index (κ2) is 6.75. The highest BCUT2D eigenvalue weighted by molar-refractivity contribution is 5.85. The van der Waals surface area contributed by atoms with Crippen LogP contribution in [0.15, 0.2) is 6.33 Å². The molecule has 1 saturated carbocycles. The van der Waals surface area contributed by atoms with Crippen molar-refractivity contribution < 1.29 is 4.79 Å². The molecule has 2 aliphatic rings. The van der Waals surface area contributed by atoms with Crippen molar-refractivity contribution in [3.8, 4) is 0 Å². The van der Waals surface area contributed by atoms with Gasteiger partial charge in [-0.2, -0.15) is 0 Å². The first kappa shape index (κ1) is 16.2. The molecular formula is C14H24ClN5O. The molecule has 1 saturated heterocycles. The number of carbonyl (C=O) groups excluding carboxylic acids is 1. The van der Waals surface area contributed by atoms with E-state index in [-0.39, 0.29) is 24.4 Å². The van der Waals surface area contributed by atoms with Crippen molar-refractivity contribution >= 4 is 18.3 Å². The van der Waals surface area contributed by atoms with E-state index in [4.69, 9.17) is 5.73 Å². The second-order valence-electron chi connectivity index (χ2n) is 6.17. The third-order valence-corrected chi connectivity index (χ3v) is 4.74. The van der Waals surface area contributed by atoms with Crippen LogP contribution in [0, 0.1) is 5.92 Å². The topological polar surface area (TPSA) is 77.0 Å². The smallest absolute Gasteiger partial charge is 0.225 e. The van der Waals surface area contributed by atoms with Crippen LogP contribution in [0.5, 0.6) is 0 Å². The third-order valence-electron chi connectivity index (χ3n) is 4.74. The van der Waals surface area contributed by atoms with Gasteiger partial charge in [0.1, 0.15) is 12.2 Å². The van der Waals surface area contributed by atoms with Gasteiger partial charge in [-0.05, 0) is 32.1 Å². The summed E-state index contributed by atoms with van der Waals surface area (Å²) in [7, 11) is 1.98. The molecule has 1 amide bonds. The van der Waals surface area contributed by atoms with Gasteiger partial charge in [0, 0.05) is 38.0 Å². The first-order chi connectivity index (χ1) is 9.65. The molecule has 0 bridgehead atoms. The molecule has 1 aliphatic heterocycles. The van der Waals surface area contributed by atoms with Gasteiger partial charge in [-0.25, -0.2) is 0 Å². The highest BCUT2D eigenvalue weighted by atomic mass is 35.5. The van der Waals surface area contributed by atoms with E-state index in [2.05, 4.69) is 10.2 Å². The number of rotatable bonds is 2. The lowest BCUT2D eigenvalue weighted by atomic mass is 9.94. The second-order valence-corrected chi connectivity index (χ2v) is 6.17. The van der Waals surface area contributed by atoms with Gasteiger partial charge in [-0.1, -0.05) is 0 Å². The number of hydrogen-bond acceptors (Lipinski definition) is 4. The molecule has 0 aromatic carbocycles. The molecule has 2 heterocycles. The molecule has 1 aliphatic carbocycles. The van der Waals surface area contributed by atoms with Crippen LogP contribution >= 0.6 is 12.4 Å². The molecule has 7 heteroatoms. The van der Waals surface area contributed by atoms with Crippen molar-refractivity contribution in [2.24, 2.45) is 18.7 Å². The van der Waals surface area contributed by atoms with E-state index in [0.717, 1.165) is 51.0 Å². The summed E-state index contributed by atoms with van der Waals surface area (Å²) in [4.78, 5) is 14.5. The van der Waals surface area contributed by atoms with Gasteiger partial charge in [0.25, 0.3) is 0 Å². The molecule has 0 spiro atoms. The fourth-order valence-corrected chi connectivity index (χ4v) is 3.52. The zero-order valence-electron chi connectivity index (χ0n) is 12.4. The number of halogens is 1. The SMILES string of the molecule is Cl.Cn1cnnc1C1CCN(C(=O)[C@H]2CC[C@@H](N)C2)CC1. The standard InChI is InChI=1S/C14H23N5O.ClH/c1-18-9-16-17-13(18)10-4-6-19(7-5-10)14(20)11-2-3-12(15)8-11;/h9-12H,2-8,15H2,1H3;1H/t11-,12+;/m0./s1. The Bertz CT molecular complexity index is 483. The summed E-state index contributed by atoms with van der Waals surface area (Å²) in [6, 6.07) is 0.222. The normalized spacial score (nSPS) is 26.7. The summed E-state index contributed by atoms with van der Waals surface area (Å²) in [5.41, 5.74) is 5.91. The first-order valence-electron chi connectivity index (χ1n) is 7.53. The van der Waals surface area contributed by atoms with Gasteiger partial charge < -0.3 is 15.2 Å². The highest BCUT2D eigenvalue weighted by Gasteiger charge is 2.33. The average molecular weight is 314 g/mol. The minimum atomic E-state index is 0. The van der Waals surface area contributed by atoms with Crippen LogP contribution < -0.4 is 5.73 Å². The third kappa shape index (κ3) is 3.37. The van der Waals surface area contributed by atoms with E-state index in [1.165, 1.54) is 0 Å². The van der Waals surface area contributed by atoms with Crippen LogP contribution in [0.4, 0.5) is 0 Å². The van der Waals surface area contributed by atoms with Gasteiger partial charge in [0.2, 0.25) is 5.91 Å². The van der Waals surface area contributed by atoms with Crippen LogP contribution in [0.3, 0.4) is 0 Å². The largest absolute Gasteiger partial charge is 0.342 e. The van der Waals surface area contributed by atoms with Crippen LogP contribution in [0.1, 0.15) is 43.8 Å². The summed E-state index contributed by atoms with van der Waals surface area (Å²) < 4.78 is 1.98. The van der Waals surface area contributed by atoms with Gasteiger partial charge in [0.05, 0.1) is 0 Å². The molecule has 118 valence electrons. The molecular weight excluding hydrogens is 290 g/mol. The Kier molecular flexibility index (Phi) is 5.22. The molecule has 2 fully saturated rings. The maximum absolute atomic E-state index is 12.4. The molecule has 0 radical (unpaired) electrons. The predicted octanol–water partition coefficient (Wildman–Crippen LogP) is 1.07. The van der Waals surface area contributed by atoms with Gasteiger partial charge >= 0.3 is 0 Å². The quantitative estimate of drug-likeness (QED) is 0.886. The number of aryl methyl sites for hydroxylation is 1. The zero-order valence-corrected chi connectivity index (χ0v) is 13.3. The summed E-state index contributed by atoms with van der Waals surface area (Å²) in [5, 5.41) is 8.13. The fourth-order valence-electron chi connectivity index (χ4n) is 3.52. The number of hydrogen-bond donors (Lipinski definition) is 1. The van der Waals surface area contributed by atoms with Crippen molar-refractivity contribution in [1.29, 1.82) is 0 Å². The van der Waals surface area contributed by atoms with Crippen molar-refractivity contribution in [3.63, 3.8) is 0 Å². The number of carbonyl (C=O) groups is 1. The van der Waals surface area contributed by atoms with Gasteiger partial charge in [0.15, 0.2) is 0 Å². The number of amides is 1. The molecule has 3 rings (SSSR count). The Morgan fingerprint density at radius 2 is 2.00 bits per heavy atom. The monoisotopic (exact) mass is 313 g/mol. The van der Waals surface area contributed by atoms with E-state index in [1.54, 1.807) is 6.33 Å². The van der Waals surface area contributed by atoms with E-state index >= 15 is 0 Å². The molecule has 1 aromatic rings. The van der Waals surface area contributed by atoms with E-state index < -0.39 is 0 Å². The Balaban J connectivity index is 0.00000161. The number of nitrogens with zero attached hydrogens (tertiary/aromatic N) is 4. The van der Waals surface area contributed by atoms with E-state index in [1.807, 2.05) is 16.5 Å². The zero-order chi connectivity index (χ0) is 14.1. The van der Waals surface area contributed by atoms with Crippen molar-refractivity contribution in [3.05, 3.63) is 12.2 Å². The summed E-state index contributed by atoms with van der Waals surface area (Å²) in [6.07, 6.45) is 6.53.